The zero-order valence-corrected chi connectivity index (χ0v) is 14.8. The fourth-order valence-corrected chi connectivity index (χ4v) is 2.56. The van der Waals surface area contributed by atoms with Gasteiger partial charge in [-0.2, -0.15) is 0 Å². The van der Waals surface area contributed by atoms with Gasteiger partial charge >= 0.3 is 6.03 Å². The number of fused-ring (bicyclic) bond motifs is 1. The second-order valence-corrected chi connectivity index (χ2v) is 6.21. The summed E-state index contributed by atoms with van der Waals surface area (Å²) in [6.45, 7) is 6.52. The molecule has 128 valence electrons. The third kappa shape index (κ3) is 4.32. The third-order valence-corrected chi connectivity index (χ3v) is 4.15. The van der Waals surface area contributed by atoms with Gasteiger partial charge in [0, 0.05) is 12.2 Å². The van der Waals surface area contributed by atoms with Crippen LogP contribution in [0.15, 0.2) is 42.5 Å². The summed E-state index contributed by atoms with van der Waals surface area (Å²) in [5.41, 5.74) is 6.57. The maximum absolute atomic E-state index is 12.1. The van der Waals surface area contributed by atoms with Gasteiger partial charge < -0.3 is 10.6 Å². The summed E-state index contributed by atoms with van der Waals surface area (Å²) >= 11 is 0. The molecule has 0 spiro atoms. The van der Waals surface area contributed by atoms with E-state index >= 15 is 0 Å². The number of carbonyl (C=O) groups is 1. The van der Waals surface area contributed by atoms with Gasteiger partial charge in [0.25, 0.3) is 0 Å². The lowest BCUT2D eigenvalue weighted by molar-refractivity contribution is 0.252. The molecule has 0 atom stereocenters. The van der Waals surface area contributed by atoms with Gasteiger partial charge in [-0.1, -0.05) is 29.8 Å². The van der Waals surface area contributed by atoms with Gasteiger partial charge in [0.15, 0.2) is 0 Å². The maximum atomic E-state index is 12.1. The average molecular weight is 334 g/mol. The Morgan fingerprint density at radius 3 is 2.32 bits per heavy atom. The van der Waals surface area contributed by atoms with E-state index in [4.69, 9.17) is 0 Å². The van der Waals surface area contributed by atoms with Crippen LogP contribution in [0.2, 0.25) is 0 Å². The average Bonchev–Trinajstić information content (AvgIpc) is 2.58. The minimum atomic E-state index is -0.219. The quantitative estimate of drug-likeness (QED) is 0.760. The number of benzene rings is 2. The van der Waals surface area contributed by atoms with E-state index < -0.39 is 0 Å². The molecular formula is C20H22N4O. The summed E-state index contributed by atoms with van der Waals surface area (Å²) in [6, 6.07) is 13.7. The van der Waals surface area contributed by atoms with E-state index in [0.717, 1.165) is 28.8 Å². The Morgan fingerprint density at radius 1 is 0.920 bits per heavy atom. The highest BCUT2D eigenvalue weighted by Gasteiger charge is 2.05. The lowest BCUT2D eigenvalue weighted by atomic mass is 10.1. The van der Waals surface area contributed by atoms with E-state index in [1.54, 1.807) is 0 Å². The summed E-state index contributed by atoms with van der Waals surface area (Å²) in [6.07, 6.45) is 0.801. The van der Waals surface area contributed by atoms with Gasteiger partial charge in [0.1, 0.15) is 0 Å². The van der Waals surface area contributed by atoms with E-state index in [1.165, 1.54) is 11.1 Å². The van der Waals surface area contributed by atoms with Crippen molar-refractivity contribution in [2.75, 3.05) is 11.9 Å². The number of anilines is 1. The smallest absolute Gasteiger partial charge is 0.319 e. The highest BCUT2D eigenvalue weighted by Crippen LogP contribution is 2.17. The summed E-state index contributed by atoms with van der Waals surface area (Å²) in [7, 11) is 0. The molecule has 0 bridgehead atoms. The molecule has 3 aromatic rings. The Labute approximate surface area is 147 Å². The van der Waals surface area contributed by atoms with Crippen LogP contribution in [0.3, 0.4) is 0 Å². The summed E-state index contributed by atoms with van der Waals surface area (Å²) in [5, 5.41) is 5.72. The molecular weight excluding hydrogens is 312 g/mol. The van der Waals surface area contributed by atoms with Crippen molar-refractivity contribution in [1.82, 2.24) is 15.3 Å². The molecule has 5 nitrogen and oxygen atoms in total. The number of rotatable bonds is 4. The number of nitrogens with zero attached hydrogens (tertiary/aromatic N) is 2. The fraction of sp³-hybridized carbons (Fsp3) is 0.250. The first-order chi connectivity index (χ1) is 12.0. The second-order valence-electron chi connectivity index (χ2n) is 6.21. The molecule has 3 rings (SSSR count). The standard InChI is InChI=1S/C20H22N4O/c1-13-4-6-16(7-5-13)10-11-21-20(25)24-17-8-9-18-19(12-17)23-15(3)14(2)22-18/h4-9,12H,10-11H2,1-3H3,(H2,21,24,25). The van der Waals surface area contributed by atoms with Crippen LogP contribution in [-0.4, -0.2) is 22.5 Å². The van der Waals surface area contributed by atoms with E-state index in [2.05, 4.69) is 51.8 Å². The minimum absolute atomic E-state index is 0.219. The first kappa shape index (κ1) is 16.9. The van der Waals surface area contributed by atoms with Gasteiger partial charge in [0.2, 0.25) is 0 Å². The fourth-order valence-electron chi connectivity index (χ4n) is 2.56. The number of hydrogen-bond donors (Lipinski definition) is 2. The Balaban J connectivity index is 1.58. The van der Waals surface area contributed by atoms with E-state index in [0.29, 0.717) is 12.2 Å². The van der Waals surface area contributed by atoms with Gasteiger partial charge in [-0.05, 0) is 51.0 Å². The number of hydrogen-bond acceptors (Lipinski definition) is 3. The summed E-state index contributed by atoms with van der Waals surface area (Å²) in [5.74, 6) is 0. The first-order valence-corrected chi connectivity index (χ1v) is 8.37. The van der Waals surface area contributed by atoms with Crippen molar-refractivity contribution in [3.63, 3.8) is 0 Å². The molecule has 0 fully saturated rings. The number of amides is 2. The molecule has 25 heavy (non-hydrogen) atoms. The number of aromatic nitrogens is 2. The van der Waals surface area contributed by atoms with Gasteiger partial charge in [-0.15, -0.1) is 0 Å². The normalized spacial score (nSPS) is 10.7. The Bertz CT molecular complexity index is 903. The van der Waals surface area contributed by atoms with Gasteiger partial charge in [-0.3, -0.25) is 0 Å². The van der Waals surface area contributed by atoms with E-state index in [-0.39, 0.29) is 6.03 Å². The second kappa shape index (κ2) is 7.30. The van der Waals surface area contributed by atoms with Gasteiger partial charge in [-0.25, -0.2) is 14.8 Å². The zero-order valence-electron chi connectivity index (χ0n) is 14.8. The largest absolute Gasteiger partial charge is 0.338 e. The van der Waals surface area contributed by atoms with Crippen LogP contribution in [0.25, 0.3) is 11.0 Å². The van der Waals surface area contributed by atoms with Crippen LogP contribution in [0.5, 0.6) is 0 Å². The van der Waals surface area contributed by atoms with Crippen molar-refractivity contribution in [3.05, 3.63) is 65.0 Å². The van der Waals surface area contributed by atoms with Crippen molar-refractivity contribution in [2.45, 2.75) is 27.2 Å². The molecule has 5 heteroatoms. The highest BCUT2D eigenvalue weighted by molar-refractivity contribution is 5.91. The molecule has 0 unspecified atom stereocenters. The van der Waals surface area contributed by atoms with Crippen LogP contribution in [0, 0.1) is 20.8 Å². The molecule has 2 N–H and O–H groups in total. The highest BCUT2D eigenvalue weighted by atomic mass is 16.2. The molecule has 1 aromatic heterocycles. The Hall–Kier alpha value is -2.95. The molecule has 2 aromatic carbocycles. The zero-order chi connectivity index (χ0) is 17.8. The molecule has 1 heterocycles. The molecule has 0 saturated heterocycles. The lowest BCUT2D eigenvalue weighted by Gasteiger charge is -2.09. The molecule has 0 radical (unpaired) electrons. The van der Waals surface area contributed by atoms with Crippen molar-refractivity contribution >= 4 is 22.8 Å². The van der Waals surface area contributed by atoms with Crippen LogP contribution >= 0.6 is 0 Å². The van der Waals surface area contributed by atoms with Crippen LogP contribution < -0.4 is 10.6 Å². The van der Waals surface area contributed by atoms with Crippen molar-refractivity contribution in [3.8, 4) is 0 Å². The number of nitrogens with one attached hydrogen (secondary N) is 2. The van der Waals surface area contributed by atoms with Crippen LogP contribution in [-0.2, 0) is 6.42 Å². The molecule has 0 aliphatic carbocycles. The van der Waals surface area contributed by atoms with Crippen molar-refractivity contribution < 1.29 is 4.79 Å². The summed E-state index contributed by atoms with van der Waals surface area (Å²) in [4.78, 5) is 21.1. The SMILES string of the molecule is Cc1ccc(CCNC(=O)Nc2ccc3nc(C)c(C)nc3c2)cc1. The topological polar surface area (TPSA) is 66.9 Å². The predicted molar refractivity (Wildman–Crippen MR) is 101 cm³/mol. The Kier molecular flexibility index (Phi) is 4.93. The molecule has 0 aliphatic heterocycles. The van der Waals surface area contributed by atoms with Gasteiger partial charge in [0.05, 0.1) is 22.4 Å². The van der Waals surface area contributed by atoms with Crippen molar-refractivity contribution in [2.24, 2.45) is 0 Å². The summed E-state index contributed by atoms with van der Waals surface area (Å²) < 4.78 is 0. The number of aryl methyl sites for hydroxylation is 3. The minimum Gasteiger partial charge on any atom is -0.338 e. The monoisotopic (exact) mass is 334 g/mol. The predicted octanol–water partition coefficient (Wildman–Crippen LogP) is 3.92. The first-order valence-electron chi connectivity index (χ1n) is 8.37. The Morgan fingerprint density at radius 2 is 1.60 bits per heavy atom. The molecule has 2 amide bonds. The van der Waals surface area contributed by atoms with Crippen molar-refractivity contribution in [1.29, 1.82) is 0 Å². The van der Waals surface area contributed by atoms with E-state index in [1.807, 2.05) is 32.0 Å². The molecule has 0 saturated carbocycles. The maximum Gasteiger partial charge on any atom is 0.319 e. The van der Waals surface area contributed by atoms with E-state index in [9.17, 15) is 4.79 Å². The molecule has 0 aliphatic rings. The van der Waals surface area contributed by atoms with Crippen LogP contribution in [0.1, 0.15) is 22.5 Å². The van der Waals surface area contributed by atoms with Crippen LogP contribution in [0.4, 0.5) is 10.5 Å². The number of urea groups is 1. The number of carbonyl (C=O) groups excluding carboxylic acids is 1. The lowest BCUT2D eigenvalue weighted by Crippen LogP contribution is -2.30. The third-order valence-electron chi connectivity index (χ3n) is 4.15.